The van der Waals surface area contributed by atoms with E-state index in [1.807, 2.05) is 6.92 Å². The molecule has 6 nitrogen and oxygen atoms in total. The van der Waals surface area contributed by atoms with Crippen LogP contribution < -0.4 is 10.6 Å². The van der Waals surface area contributed by atoms with Crippen molar-refractivity contribution in [3.8, 4) is 0 Å². The molecule has 2 atom stereocenters. The summed E-state index contributed by atoms with van der Waals surface area (Å²) in [6.45, 7) is 2.85. The SMILES string of the molecule is CC1CCCNC1C(=O)Nc1ccc([N+](=O)[O-])c(Cl)c1. The molecule has 1 aromatic rings. The van der Waals surface area contributed by atoms with E-state index in [4.69, 9.17) is 11.6 Å². The van der Waals surface area contributed by atoms with Crippen molar-refractivity contribution in [3.05, 3.63) is 33.3 Å². The lowest BCUT2D eigenvalue weighted by molar-refractivity contribution is -0.384. The van der Waals surface area contributed by atoms with Gasteiger partial charge in [-0.15, -0.1) is 0 Å². The van der Waals surface area contributed by atoms with Gasteiger partial charge in [-0.2, -0.15) is 0 Å². The Morgan fingerprint density at radius 3 is 2.90 bits per heavy atom. The largest absolute Gasteiger partial charge is 0.325 e. The van der Waals surface area contributed by atoms with E-state index in [0.717, 1.165) is 19.4 Å². The van der Waals surface area contributed by atoms with Crippen molar-refractivity contribution in [2.45, 2.75) is 25.8 Å². The van der Waals surface area contributed by atoms with Crippen molar-refractivity contribution in [1.82, 2.24) is 5.32 Å². The van der Waals surface area contributed by atoms with Crippen molar-refractivity contribution in [2.75, 3.05) is 11.9 Å². The van der Waals surface area contributed by atoms with Crippen LogP contribution in [0.4, 0.5) is 11.4 Å². The third kappa shape index (κ3) is 3.26. The molecule has 0 bridgehead atoms. The molecule has 0 aromatic heterocycles. The zero-order valence-corrected chi connectivity index (χ0v) is 11.8. The maximum atomic E-state index is 12.2. The van der Waals surface area contributed by atoms with Crippen LogP contribution in [0.2, 0.25) is 5.02 Å². The molecule has 20 heavy (non-hydrogen) atoms. The quantitative estimate of drug-likeness (QED) is 0.663. The second kappa shape index (κ2) is 6.19. The van der Waals surface area contributed by atoms with E-state index in [1.54, 1.807) is 0 Å². The molecule has 1 amide bonds. The Kier molecular flexibility index (Phi) is 4.57. The molecule has 1 saturated heterocycles. The number of nitro benzene ring substituents is 1. The molecule has 2 rings (SSSR count). The smallest absolute Gasteiger partial charge is 0.288 e. The van der Waals surface area contributed by atoms with Crippen LogP contribution in [0.5, 0.6) is 0 Å². The first-order chi connectivity index (χ1) is 9.49. The summed E-state index contributed by atoms with van der Waals surface area (Å²) < 4.78 is 0. The highest BCUT2D eigenvalue weighted by atomic mass is 35.5. The van der Waals surface area contributed by atoms with Crippen LogP contribution in [0.15, 0.2) is 18.2 Å². The number of nitrogens with one attached hydrogen (secondary N) is 2. The summed E-state index contributed by atoms with van der Waals surface area (Å²) >= 11 is 5.81. The average Bonchev–Trinajstić information content (AvgIpc) is 2.38. The Balaban J connectivity index is 2.08. The minimum atomic E-state index is -0.557. The van der Waals surface area contributed by atoms with E-state index in [2.05, 4.69) is 10.6 Å². The molecular formula is C13H16ClN3O3. The summed E-state index contributed by atoms with van der Waals surface area (Å²) in [4.78, 5) is 22.3. The highest BCUT2D eigenvalue weighted by molar-refractivity contribution is 6.33. The topological polar surface area (TPSA) is 84.3 Å². The third-order valence-corrected chi connectivity index (χ3v) is 3.77. The van der Waals surface area contributed by atoms with Crippen molar-refractivity contribution in [2.24, 2.45) is 5.92 Å². The number of benzene rings is 1. The Morgan fingerprint density at radius 2 is 2.30 bits per heavy atom. The summed E-state index contributed by atoms with van der Waals surface area (Å²) in [5.74, 6) is 0.124. The van der Waals surface area contributed by atoms with Gasteiger partial charge < -0.3 is 10.6 Å². The van der Waals surface area contributed by atoms with E-state index >= 15 is 0 Å². The molecule has 108 valence electrons. The number of halogens is 1. The Labute approximate surface area is 121 Å². The molecule has 1 aromatic carbocycles. The van der Waals surface area contributed by atoms with Gasteiger partial charge in [0.2, 0.25) is 5.91 Å². The Hall–Kier alpha value is -1.66. The highest BCUT2D eigenvalue weighted by Gasteiger charge is 2.27. The number of amides is 1. The van der Waals surface area contributed by atoms with Crippen molar-refractivity contribution >= 4 is 28.9 Å². The average molecular weight is 298 g/mol. The number of hydrogen-bond donors (Lipinski definition) is 2. The number of hydrogen-bond acceptors (Lipinski definition) is 4. The zero-order chi connectivity index (χ0) is 14.7. The fourth-order valence-corrected chi connectivity index (χ4v) is 2.60. The van der Waals surface area contributed by atoms with Crippen molar-refractivity contribution < 1.29 is 9.72 Å². The predicted molar refractivity (Wildman–Crippen MR) is 76.9 cm³/mol. The van der Waals surface area contributed by atoms with Gasteiger partial charge in [-0.25, -0.2) is 0 Å². The molecule has 7 heteroatoms. The lowest BCUT2D eigenvalue weighted by atomic mass is 9.92. The standard InChI is InChI=1S/C13H16ClN3O3/c1-8-3-2-6-15-12(8)13(18)16-9-4-5-11(17(19)20)10(14)7-9/h4-5,7-8,12,15H,2-3,6H2,1H3,(H,16,18). The van der Waals surface area contributed by atoms with Crippen LogP contribution in [-0.2, 0) is 4.79 Å². The zero-order valence-electron chi connectivity index (χ0n) is 11.1. The fourth-order valence-electron chi connectivity index (χ4n) is 2.35. The van der Waals surface area contributed by atoms with E-state index in [-0.39, 0.29) is 28.6 Å². The van der Waals surface area contributed by atoms with Gasteiger partial charge in [0.25, 0.3) is 5.69 Å². The van der Waals surface area contributed by atoms with Crippen LogP contribution in [-0.4, -0.2) is 23.4 Å². The van der Waals surface area contributed by atoms with E-state index < -0.39 is 4.92 Å². The monoisotopic (exact) mass is 297 g/mol. The van der Waals surface area contributed by atoms with Gasteiger partial charge in [-0.3, -0.25) is 14.9 Å². The van der Waals surface area contributed by atoms with Gasteiger partial charge >= 0.3 is 0 Å². The number of rotatable bonds is 3. The maximum absolute atomic E-state index is 12.2. The first kappa shape index (κ1) is 14.7. The molecule has 1 fully saturated rings. The molecule has 0 aliphatic carbocycles. The Morgan fingerprint density at radius 1 is 1.55 bits per heavy atom. The van der Waals surface area contributed by atoms with Crippen LogP contribution in [0.1, 0.15) is 19.8 Å². The lowest BCUT2D eigenvalue weighted by Crippen LogP contribution is -2.48. The third-order valence-electron chi connectivity index (χ3n) is 3.46. The molecule has 0 spiro atoms. The predicted octanol–water partition coefficient (Wildman–Crippen LogP) is 2.57. The normalized spacial score (nSPS) is 22.3. The van der Waals surface area contributed by atoms with Gasteiger partial charge in [-0.1, -0.05) is 18.5 Å². The minimum Gasteiger partial charge on any atom is -0.325 e. The van der Waals surface area contributed by atoms with Crippen molar-refractivity contribution in [1.29, 1.82) is 0 Å². The molecule has 2 N–H and O–H groups in total. The van der Waals surface area contributed by atoms with Crippen LogP contribution >= 0.6 is 11.6 Å². The summed E-state index contributed by atoms with van der Waals surface area (Å²) in [6, 6.07) is 3.92. The molecule has 2 unspecified atom stereocenters. The fraction of sp³-hybridized carbons (Fsp3) is 0.462. The van der Waals surface area contributed by atoms with Gasteiger partial charge in [0.15, 0.2) is 0 Å². The minimum absolute atomic E-state index is 0.0115. The molecule has 1 aliphatic rings. The second-order valence-electron chi connectivity index (χ2n) is 4.96. The number of carbonyl (C=O) groups excluding carboxylic acids is 1. The molecule has 0 radical (unpaired) electrons. The molecule has 1 heterocycles. The first-order valence-corrected chi connectivity index (χ1v) is 6.85. The molecular weight excluding hydrogens is 282 g/mol. The van der Waals surface area contributed by atoms with Gasteiger partial charge in [0.05, 0.1) is 11.0 Å². The van der Waals surface area contributed by atoms with Gasteiger partial charge in [-0.05, 0) is 37.4 Å². The van der Waals surface area contributed by atoms with E-state index in [9.17, 15) is 14.9 Å². The van der Waals surface area contributed by atoms with E-state index in [0.29, 0.717) is 5.69 Å². The number of carbonyl (C=O) groups is 1. The maximum Gasteiger partial charge on any atom is 0.288 e. The number of anilines is 1. The second-order valence-corrected chi connectivity index (χ2v) is 5.37. The van der Waals surface area contributed by atoms with E-state index in [1.165, 1.54) is 18.2 Å². The lowest BCUT2D eigenvalue weighted by Gasteiger charge is -2.28. The van der Waals surface area contributed by atoms with Crippen LogP contribution in [0.3, 0.4) is 0 Å². The summed E-state index contributed by atoms with van der Waals surface area (Å²) in [7, 11) is 0. The number of nitrogens with zero attached hydrogens (tertiary/aromatic N) is 1. The van der Waals surface area contributed by atoms with Gasteiger partial charge in [0.1, 0.15) is 5.02 Å². The molecule has 0 saturated carbocycles. The highest BCUT2D eigenvalue weighted by Crippen LogP contribution is 2.27. The summed E-state index contributed by atoms with van der Waals surface area (Å²) in [5, 5.41) is 16.6. The number of piperidine rings is 1. The summed E-state index contributed by atoms with van der Waals surface area (Å²) in [6.07, 6.45) is 2.07. The number of nitro groups is 1. The summed E-state index contributed by atoms with van der Waals surface area (Å²) in [5.41, 5.74) is 0.291. The van der Waals surface area contributed by atoms with Crippen LogP contribution in [0, 0.1) is 16.0 Å². The first-order valence-electron chi connectivity index (χ1n) is 6.47. The van der Waals surface area contributed by atoms with Crippen molar-refractivity contribution in [3.63, 3.8) is 0 Å². The molecule has 1 aliphatic heterocycles. The van der Waals surface area contributed by atoms with Gasteiger partial charge in [0, 0.05) is 11.8 Å². The van der Waals surface area contributed by atoms with Crippen LogP contribution in [0.25, 0.3) is 0 Å². The Bertz CT molecular complexity index is 536.